The van der Waals surface area contributed by atoms with Gasteiger partial charge in [0, 0.05) is 7.11 Å². The average Bonchev–Trinajstić information content (AvgIpc) is 2.33. The number of nitrogens with zero attached hydrogens (tertiary/aromatic N) is 2. The van der Waals surface area contributed by atoms with Crippen molar-refractivity contribution in [2.24, 2.45) is 5.11 Å². The molecule has 0 aliphatic heterocycles. The molecule has 0 amide bonds. The molecule has 0 rings (SSSR count). The Bertz CT molecular complexity index is 253. The van der Waals surface area contributed by atoms with Crippen LogP contribution in [0.2, 0.25) is 0 Å². The zero-order chi connectivity index (χ0) is 13.8. The van der Waals surface area contributed by atoms with Crippen LogP contribution in [0, 0.1) is 5.21 Å². The molecule has 0 heterocycles. The van der Waals surface area contributed by atoms with Crippen LogP contribution < -0.4 is 0 Å². The monoisotopic (exact) mass is 258 g/mol. The van der Waals surface area contributed by atoms with Crippen LogP contribution in [0.5, 0.6) is 0 Å². The van der Waals surface area contributed by atoms with Crippen molar-refractivity contribution in [2.45, 2.75) is 58.1 Å². The van der Waals surface area contributed by atoms with Crippen LogP contribution in [0.4, 0.5) is 0 Å². The van der Waals surface area contributed by atoms with Crippen molar-refractivity contribution < 1.29 is 14.7 Å². The first-order valence-corrected chi connectivity index (χ1v) is 6.62. The normalized spacial score (nSPS) is 16.1. The number of aliphatic hydroxyl groups excluding tert-OH is 1. The first-order valence-electron chi connectivity index (χ1n) is 6.62. The Hall–Kier alpha value is -0.940. The van der Waals surface area contributed by atoms with Crippen LogP contribution in [0.25, 0.3) is 0 Å². The van der Waals surface area contributed by atoms with Crippen molar-refractivity contribution in [3.63, 3.8) is 0 Å². The molecule has 1 unspecified atom stereocenters. The zero-order valence-corrected chi connectivity index (χ0v) is 11.7. The van der Waals surface area contributed by atoms with Crippen molar-refractivity contribution in [3.05, 3.63) is 17.5 Å². The van der Waals surface area contributed by atoms with Gasteiger partial charge in [-0.25, -0.2) is 0 Å². The molecule has 0 aromatic rings. The molecule has 0 bridgehead atoms. The molecule has 0 saturated heterocycles. The molecule has 18 heavy (non-hydrogen) atoms. The van der Waals surface area contributed by atoms with Gasteiger partial charge in [-0.2, -0.15) is 0 Å². The largest absolute Gasteiger partial charge is 0.595 e. The second-order valence-corrected chi connectivity index (χ2v) is 4.42. The predicted molar refractivity (Wildman–Crippen MR) is 71.3 cm³/mol. The van der Waals surface area contributed by atoms with E-state index in [0.29, 0.717) is 4.86 Å². The van der Waals surface area contributed by atoms with E-state index < -0.39 is 12.1 Å². The maximum atomic E-state index is 11.4. The maximum absolute atomic E-state index is 11.4. The van der Waals surface area contributed by atoms with Crippen LogP contribution in [-0.2, 0) is 4.74 Å². The predicted octanol–water partition coefficient (Wildman–Crippen LogP) is 2.83. The second-order valence-electron chi connectivity index (χ2n) is 4.42. The van der Waals surface area contributed by atoms with Gasteiger partial charge in [-0.05, 0) is 31.0 Å². The maximum Gasteiger partial charge on any atom is 0.205 e. The van der Waals surface area contributed by atoms with Crippen LogP contribution in [0.15, 0.2) is 17.4 Å². The minimum atomic E-state index is -0.695. The van der Waals surface area contributed by atoms with E-state index in [1.807, 2.05) is 6.08 Å². The third-order valence-corrected chi connectivity index (χ3v) is 2.61. The van der Waals surface area contributed by atoms with Gasteiger partial charge in [-0.15, -0.1) is 0 Å². The van der Waals surface area contributed by atoms with Gasteiger partial charge < -0.3 is 15.1 Å². The lowest BCUT2D eigenvalue weighted by Crippen LogP contribution is -2.27. The van der Waals surface area contributed by atoms with Crippen molar-refractivity contribution >= 4 is 0 Å². The summed E-state index contributed by atoms with van der Waals surface area (Å²) in [5.41, 5.74) is 0. The minimum absolute atomic E-state index is 0.237. The van der Waals surface area contributed by atoms with Gasteiger partial charge in [-0.1, -0.05) is 31.0 Å². The van der Waals surface area contributed by atoms with Gasteiger partial charge in [0.05, 0.1) is 12.7 Å². The molecule has 0 radical (unpaired) electrons. The lowest BCUT2D eigenvalue weighted by molar-refractivity contribution is -0.464. The first-order chi connectivity index (χ1) is 8.61. The first kappa shape index (κ1) is 17.1. The highest BCUT2D eigenvalue weighted by atomic mass is 16.5. The fourth-order valence-electron chi connectivity index (χ4n) is 1.48. The van der Waals surface area contributed by atoms with Crippen LogP contribution in [0.3, 0.4) is 0 Å². The van der Waals surface area contributed by atoms with E-state index in [0.717, 1.165) is 12.8 Å². The van der Waals surface area contributed by atoms with Crippen molar-refractivity contribution in [1.29, 1.82) is 0 Å². The molecule has 0 fully saturated rings. The number of methoxy groups -OCH3 is 1. The van der Waals surface area contributed by atoms with Crippen LogP contribution >= 0.6 is 0 Å². The number of azo groups is 1. The van der Waals surface area contributed by atoms with Gasteiger partial charge in [0.15, 0.2) is 6.04 Å². The van der Waals surface area contributed by atoms with E-state index in [1.165, 1.54) is 32.6 Å². The Morgan fingerprint density at radius 3 is 2.67 bits per heavy atom. The molecule has 0 aromatic carbocycles. The lowest BCUT2D eigenvalue weighted by atomic mass is 10.1. The number of allylic oxidation sites excluding steroid dienone is 1. The number of ether oxygens (including phenoxy) is 1. The second kappa shape index (κ2) is 11.2. The SMILES string of the molecule is CCCCCC/C=C\[N+]([O-])=NC(COC)[C@H](C)O. The summed E-state index contributed by atoms with van der Waals surface area (Å²) in [4.78, 5) is 0.510. The van der Waals surface area contributed by atoms with Crippen molar-refractivity contribution in [1.82, 2.24) is 0 Å². The highest BCUT2D eigenvalue weighted by Crippen LogP contribution is 2.04. The zero-order valence-electron chi connectivity index (χ0n) is 11.7. The molecule has 106 valence electrons. The fourth-order valence-corrected chi connectivity index (χ4v) is 1.48. The summed E-state index contributed by atoms with van der Waals surface area (Å²) >= 11 is 0. The van der Waals surface area contributed by atoms with Gasteiger partial charge in [0.2, 0.25) is 6.20 Å². The molecule has 5 nitrogen and oxygen atoms in total. The highest BCUT2D eigenvalue weighted by molar-refractivity contribution is 4.73. The average molecular weight is 258 g/mol. The molecular weight excluding hydrogens is 232 g/mol. The summed E-state index contributed by atoms with van der Waals surface area (Å²) in [6, 6.07) is -0.516. The number of hydrogen-bond acceptors (Lipinski definition) is 4. The molecule has 0 aromatic heterocycles. The summed E-state index contributed by atoms with van der Waals surface area (Å²) in [6.07, 6.45) is 8.14. The topological polar surface area (TPSA) is 67.9 Å². The molecule has 0 aliphatic rings. The van der Waals surface area contributed by atoms with E-state index in [-0.39, 0.29) is 6.61 Å². The lowest BCUT2D eigenvalue weighted by Gasteiger charge is -2.11. The Kier molecular flexibility index (Phi) is 10.6. The van der Waals surface area contributed by atoms with Crippen molar-refractivity contribution in [3.8, 4) is 0 Å². The van der Waals surface area contributed by atoms with Gasteiger partial charge in [0.1, 0.15) is 0 Å². The molecular formula is C13H26N2O3. The summed E-state index contributed by atoms with van der Waals surface area (Å²) < 4.78 is 4.89. The third-order valence-electron chi connectivity index (χ3n) is 2.61. The summed E-state index contributed by atoms with van der Waals surface area (Å²) in [6.45, 7) is 4.00. The third kappa shape index (κ3) is 9.13. The molecule has 2 atom stereocenters. The smallest absolute Gasteiger partial charge is 0.205 e. The quantitative estimate of drug-likeness (QED) is 0.283. The van der Waals surface area contributed by atoms with Crippen molar-refractivity contribution in [2.75, 3.05) is 13.7 Å². The summed E-state index contributed by atoms with van der Waals surface area (Å²) in [5, 5.41) is 24.6. The van der Waals surface area contributed by atoms with Crippen LogP contribution in [-0.4, -0.2) is 35.8 Å². The Morgan fingerprint density at radius 2 is 2.11 bits per heavy atom. The number of unbranched alkanes of at least 4 members (excludes halogenated alkanes) is 4. The highest BCUT2D eigenvalue weighted by Gasteiger charge is 2.17. The Labute approximate surface area is 110 Å². The standard InChI is InChI=1S/C13H26N2O3/c1-4-5-6-7-8-9-10-15(17)14-13(11-18-3)12(2)16/h9-10,12-13,16H,4-8,11H2,1-3H3/b10-9-,15-14?/t12-,13?/m0/s1. The van der Waals surface area contributed by atoms with Gasteiger partial charge in [0.25, 0.3) is 0 Å². The van der Waals surface area contributed by atoms with E-state index in [9.17, 15) is 10.3 Å². The van der Waals surface area contributed by atoms with E-state index in [4.69, 9.17) is 4.74 Å². The van der Waals surface area contributed by atoms with Gasteiger partial charge >= 0.3 is 0 Å². The molecule has 0 saturated carbocycles. The minimum Gasteiger partial charge on any atom is -0.595 e. The number of hydrogen-bond donors (Lipinski definition) is 1. The molecule has 5 heteroatoms. The van der Waals surface area contributed by atoms with Crippen LogP contribution in [0.1, 0.15) is 46.0 Å². The van der Waals surface area contributed by atoms with E-state index >= 15 is 0 Å². The summed E-state index contributed by atoms with van der Waals surface area (Å²) in [5.74, 6) is 0. The number of aliphatic hydroxyl groups is 1. The molecule has 1 N–H and O–H groups in total. The van der Waals surface area contributed by atoms with E-state index in [2.05, 4.69) is 12.0 Å². The Balaban J connectivity index is 4.02. The summed E-state index contributed by atoms with van der Waals surface area (Å²) in [7, 11) is 1.52. The molecule has 0 aliphatic carbocycles. The molecule has 0 spiro atoms. The van der Waals surface area contributed by atoms with E-state index in [1.54, 1.807) is 6.92 Å². The fraction of sp³-hybridized carbons (Fsp3) is 0.846. The van der Waals surface area contributed by atoms with Gasteiger partial charge in [-0.3, -0.25) is 0 Å². The Morgan fingerprint density at radius 1 is 1.39 bits per heavy atom. The number of rotatable bonds is 10. The number of hydroxylamine groups is 1.